The number of ether oxygens (including phenoxy) is 1. The fraction of sp³-hybridized carbons (Fsp3) is 0.211. The van der Waals surface area contributed by atoms with Crippen molar-refractivity contribution >= 4 is 28.5 Å². The SMILES string of the molecule is O=C(c1cccc2nccnc12)N1CCOC(c2ccc(Cl)cc2)C1. The molecule has 0 radical (unpaired) electrons. The van der Waals surface area contributed by atoms with Crippen molar-refractivity contribution in [3.8, 4) is 0 Å². The summed E-state index contributed by atoms with van der Waals surface area (Å²) in [7, 11) is 0. The second-order valence-corrected chi connectivity index (χ2v) is 6.33. The van der Waals surface area contributed by atoms with E-state index in [2.05, 4.69) is 9.97 Å². The predicted octanol–water partition coefficient (Wildman–Crippen LogP) is 3.50. The van der Waals surface area contributed by atoms with Gasteiger partial charge in [0.25, 0.3) is 5.91 Å². The quantitative estimate of drug-likeness (QED) is 0.707. The van der Waals surface area contributed by atoms with Crippen molar-refractivity contribution in [1.29, 1.82) is 0 Å². The van der Waals surface area contributed by atoms with Crippen molar-refractivity contribution in [2.24, 2.45) is 0 Å². The molecular formula is C19H16ClN3O2. The van der Waals surface area contributed by atoms with Gasteiger partial charge >= 0.3 is 0 Å². The summed E-state index contributed by atoms with van der Waals surface area (Å²) in [6.45, 7) is 1.55. The van der Waals surface area contributed by atoms with Gasteiger partial charge in [0.1, 0.15) is 11.6 Å². The Bertz CT molecular complexity index is 909. The third-order valence-corrected chi connectivity index (χ3v) is 4.58. The van der Waals surface area contributed by atoms with Gasteiger partial charge in [-0.15, -0.1) is 0 Å². The summed E-state index contributed by atoms with van der Waals surface area (Å²) in [6, 6.07) is 13.0. The van der Waals surface area contributed by atoms with Crippen LogP contribution in [0.4, 0.5) is 0 Å². The maximum atomic E-state index is 13.0. The molecule has 3 aromatic rings. The van der Waals surface area contributed by atoms with Crippen LogP contribution in [0.1, 0.15) is 22.0 Å². The van der Waals surface area contributed by atoms with E-state index in [1.54, 1.807) is 18.5 Å². The van der Waals surface area contributed by atoms with E-state index in [0.717, 1.165) is 11.1 Å². The summed E-state index contributed by atoms with van der Waals surface area (Å²) >= 11 is 5.95. The van der Waals surface area contributed by atoms with Gasteiger partial charge in [0.15, 0.2) is 0 Å². The van der Waals surface area contributed by atoms with E-state index in [9.17, 15) is 4.79 Å². The number of para-hydroxylation sites is 1. The molecule has 0 bridgehead atoms. The first-order chi connectivity index (χ1) is 12.2. The zero-order chi connectivity index (χ0) is 17.2. The second-order valence-electron chi connectivity index (χ2n) is 5.89. The van der Waals surface area contributed by atoms with Gasteiger partial charge in [0.05, 0.1) is 24.2 Å². The minimum absolute atomic E-state index is 0.0478. The smallest absolute Gasteiger partial charge is 0.256 e. The highest BCUT2D eigenvalue weighted by Crippen LogP contribution is 2.25. The van der Waals surface area contributed by atoms with Gasteiger partial charge in [-0.2, -0.15) is 0 Å². The molecule has 1 unspecified atom stereocenters. The van der Waals surface area contributed by atoms with E-state index in [1.165, 1.54) is 0 Å². The van der Waals surface area contributed by atoms with Crippen molar-refractivity contribution in [3.05, 3.63) is 71.0 Å². The Labute approximate surface area is 150 Å². The number of amides is 1. The molecule has 0 saturated carbocycles. The molecule has 1 saturated heterocycles. The highest BCUT2D eigenvalue weighted by molar-refractivity contribution is 6.30. The van der Waals surface area contributed by atoms with Crippen LogP contribution in [0.3, 0.4) is 0 Å². The Morgan fingerprint density at radius 1 is 1.12 bits per heavy atom. The van der Waals surface area contributed by atoms with Crippen molar-refractivity contribution in [2.45, 2.75) is 6.10 Å². The van der Waals surface area contributed by atoms with Gasteiger partial charge in [0, 0.05) is 24.0 Å². The third-order valence-electron chi connectivity index (χ3n) is 4.32. The van der Waals surface area contributed by atoms with Crippen LogP contribution in [0.5, 0.6) is 0 Å². The van der Waals surface area contributed by atoms with Gasteiger partial charge in [-0.05, 0) is 29.8 Å². The molecule has 0 spiro atoms. The minimum Gasteiger partial charge on any atom is -0.370 e. The molecule has 1 atom stereocenters. The van der Waals surface area contributed by atoms with E-state index < -0.39 is 0 Å². The lowest BCUT2D eigenvalue weighted by Gasteiger charge is -2.33. The van der Waals surface area contributed by atoms with Crippen LogP contribution in [0, 0.1) is 0 Å². The number of carbonyl (C=O) groups excluding carboxylic acids is 1. The van der Waals surface area contributed by atoms with Crippen LogP contribution in [-0.2, 0) is 4.74 Å². The number of hydrogen-bond donors (Lipinski definition) is 0. The fourth-order valence-corrected chi connectivity index (χ4v) is 3.17. The van der Waals surface area contributed by atoms with Crippen LogP contribution in [0.15, 0.2) is 54.9 Å². The number of morpholine rings is 1. The number of carbonyl (C=O) groups is 1. The van der Waals surface area contributed by atoms with Crippen molar-refractivity contribution in [2.75, 3.05) is 19.7 Å². The van der Waals surface area contributed by atoms with E-state index in [-0.39, 0.29) is 12.0 Å². The highest BCUT2D eigenvalue weighted by atomic mass is 35.5. The molecule has 6 heteroatoms. The van der Waals surface area contributed by atoms with Gasteiger partial charge in [0.2, 0.25) is 0 Å². The first kappa shape index (κ1) is 16.0. The average molecular weight is 354 g/mol. The number of rotatable bonds is 2. The summed E-state index contributed by atoms with van der Waals surface area (Å²) in [4.78, 5) is 23.4. The molecule has 2 aromatic carbocycles. The maximum Gasteiger partial charge on any atom is 0.256 e. The largest absolute Gasteiger partial charge is 0.370 e. The second kappa shape index (κ2) is 6.78. The zero-order valence-electron chi connectivity index (χ0n) is 13.4. The number of nitrogens with zero attached hydrogens (tertiary/aromatic N) is 3. The molecule has 2 heterocycles. The number of hydrogen-bond acceptors (Lipinski definition) is 4. The molecule has 0 N–H and O–H groups in total. The molecule has 1 amide bonds. The predicted molar refractivity (Wildman–Crippen MR) is 95.6 cm³/mol. The summed E-state index contributed by atoms with van der Waals surface area (Å²) in [5.41, 5.74) is 2.93. The molecule has 1 aliphatic rings. The van der Waals surface area contributed by atoms with E-state index in [0.29, 0.717) is 35.8 Å². The minimum atomic E-state index is -0.156. The van der Waals surface area contributed by atoms with Crippen molar-refractivity contribution < 1.29 is 9.53 Å². The Hall–Kier alpha value is -2.50. The number of fused-ring (bicyclic) bond motifs is 1. The van der Waals surface area contributed by atoms with Gasteiger partial charge in [-0.3, -0.25) is 14.8 Å². The van der Waals surface area contributed by atoms with Crippen LogP contribution < -0.4 is 0 Å². The van der Waals surface area contributed by atoms with Crippen LogP contribution in [0.2, 0.25) is 5.02 Å². The van der Waals surface area contributed by atoms with Gasteiger partial charge < -0.3 is 9.64 Å². The first-order valence-electron chi connectivity index (χ1n) is 8.08. The van der Waals surface area contributed by atoms with Crippen molar-refractivity contribution in [1.82, 2.24) is 14.9 Å². The molecule has 0 aliphatic carbocycles. The topological polar surface area (TPSA) is 55.3 Å². The molecule has 1 aliphatic heterocycles. The third kappa shape index (κ3) is 3.21. The van der Waals surface area contributed by atoms with Crippen LogP contribution >= 0.6 is 11.6 Å². The maximum absolute atomic E-state index is 13.0. The van der Waals surface area contributed by atoms with E-state index in [1.807, 2.05) is 41.3 Å². The van der Waals surface area contributed by atoms with Crippen LogP contribution in [-0.4, -0.2) is 40.5 Å². The van der Waals surface area contributed by atoms with Gasteiger partial charge in [-0.1, -0.05) is 29.8 Å². The summed E-state index contributed by atoms with van der Waals surface area (Å²) in [6.07, 6.45) is 3.08. The molecule has 126 valence electrons. The average Bonchev–Trinajstić information content (AvgIpc) is 2.68. The van der Waals surface area contributed by atoms with Gasteiger partial charge in [-0.25, -0.2) is 0 Å². The number of halogens is 1. The lowest BCUT2D eigenvalue weighted by Crippen LogP contribution is -2.42. The summed E-state index contributed by atoms with van der Waals surface area (Å²) in [5, 5.41) is 0.682. The standard InChI is InChI=1S/C19H16ClN3O2/c20-14-6-4-13(5-7-14)17-12-23(10-11-25-17)19(24)15-2-1-3-16-18(15)22-9-8-21-16/h1-9,17H,10-12H2. The Morgan fingerprint density at radius 3 is 2.76 bits per heavy atom. The van der Waals surface area contributed by atoms with E-state index in [4.69, 9.17) is 16.3 Å². The Balaban J connectivity index is 1.60. The molecule has 4 rings (SSSR count). The molecule has 1 fully saturated rings. The Kier molecular flexibility index (Phi) is 4.34. The monoisotopic (exact) mass is 353 g/mol. The lowest BCUT2D eigenvalue weighted by atomic mass is 10.1. The highest BCUT2D eigenvalue weighted by Gasteiger charge is 2.27. The van der Waals surface area contributed by atoms with Crippen molar-refractivity contribution in [3.63, 3.8) is 0 Å². The summed E-state index contributed by atoms with van der Waals surface area (Å²) in [5.74, 6) is -0.0478. The molecule has 25 heavy (non-hydrogen) atoms. The Morgan fingerprint density at radius 2 is 1.92 bits per heavy atom. The molecular weight excluding hydrogens is 338 g/mol. The fourth-order valence-electron chi connectivity index (χ4n) is 3.05. The molecule has 1 aromatic heterocycles. The number of benzene rings is 2. The number of aromatic nitrogens is 2. The van der Waals surface area contributed by atoms with E-state index >= 15 is 0 Å². The summed E-state index contributed by atoms with van der Waals surface area (Å²) < 4.78 is 5.84. The normalized spacial score (nSPS) is 17.6. The van der Waals surface area contributed by atoms with Crippen LogP contribution in [0.25, 0.3) is 11.0 Å². The first-order valence-corrected chi connectivity index (χ1v) is 8.46. The molecule has 5 nitrogen and oxygen atoms in total. The lowest BCUT2D eigenvalue weighted by molar-refractivity contribution is -0.0227. The zero-order valence-corrected chi connectivity index (χ0v) is 14.2.